The molecule has 3 rings (SSSR count). The maximum Gasteiger partial charge on any atom is 0.335 e. The van der Waals surface area contributed by atoms with E-state index in [-0.39, 0.29) is 30.0 Å². The van der Waals surface area contributed by atoms with Crippen molar-refractivity contribution in [2.24, 2.45) is 0 Å². The lowest BCUT2D eigenvalue weighted by atomic mass is 9.89. The average molecular weight is 345 g/mol. The summed E-state index contributed by atoms with van der Waals surface area (Å²) in [4.78, 5) is 40.7. The third-order valence-corrected chi connectivity index (χ3v) is 5.01. The Labute approximate surface area is 146 Å². The van der Waals surface area contributed by atoms with Crippen molar-refractivity contribution >= 4 is 17.9 Å². The Hall–Kier alpha value is -2.57. The van der Waals surface area contributed by atoms with E-state index in [4.69, 9.17) is 5.11 Å². The molecule has 2 aliphatic rings. The summed E-state index contributed by atoms with van der Waals surface area (Å²) < 4.78 is 0. The number of benzene rings is 1. The second kappa shape index (κ2) is 7.13. The van der Waals surface area contributed by atoms with E-state index < -0.39 is 5.97 Å². The van der Waals surface area contributed by atoms with Crippen molar-refractivity contribution in [2.75, 3.05) is 39.8 Å². The largest absolute Gasteiger partial charge is 0.478 e. The molecule has 2 heterocycles. The van der Waals surface area contributed by atoms with E-state index in [2.05, 4.69) is 0 Å². The zero-order chi connectivity index (χ0) is 18.0. The number of carbonyl (C=O) groups is 3. The summed E-state index contributed by atoms with van der Waals surface area (Å²) in [5.74, 6) is -0.848. The van der Waals surface area contributed by atoms with Gasteiger partial charge in [0, 0.05) is 39.1 Å². The number of rotatable bonds is 4. The molecule has 25 heavy (non-hydrogen) atoms. The Morgan fingerprint density at radius 3 is 2.72 bits per heavy atom. The summed E-state index contributed by atoms with van der Waals surface area (Å²) in [6.45, 7) is 2.60. The average Bonchev–Trinajstić information content (AvgIpc) is 2.94. The highest BCUT2D eigenvalue weighted by atomic mass is 16.4. The summed E-state index contributed by atoms with van der Waals surface area (Å²) >= 11 is 0. The predicted molar refractivity (Wildman–Crippen MR) is 91.6 cm³/mol. The Kier molecular flexibility index (Phi) is 4.92. The molecule has 0 spiro atoms. The first-order valence-electron chi connectivity index (χ1n) is 8.57. The van der Waals surface area contributed by atoms with E-state index in [1.165, 1.54) is 0 Å². The molecule has 1 aromatic carbocycles. The van der Waals surface area contributed by atoms with Gasteiger partial charge in [-0.05, 0) is 30.5 Å². The quantitative estimate of drug-likeness (QED) is 0.896. The zero-order valence-corrected chi connectivity index (χ0v) is 14.4. The molecule has 2 fully saturated rings. The van der Waals surface area contributed by atoms with Crippen molar-refractivity contribution in [1.29, 1.82) is 0 Å². The third-order valence-electron chi connectivity index (χ3n) is 5.01. The van der Waals surface area contributed by atoms with Crippen LogP contribution < -0.4 is 0 Å². The van der Waals surface area contributed by atoms with Crippen molar-refractivity contribution < 1.29 is 19.5 Å². The van der Waals surface area contributed by atoms with Gasteiger partial charge in [0.25, 0.3) is 0 Å². The topological polar surface area (TPSA) is 81.2 Å². The molecule has 7 heteroatoms. The molecule has 0 radical (unpaired) electrons. The smallest absolute Gasteiger partial charge is 0.335 e. The van der Waals surface area contributed by atoms with Gasteiger partial charge >= 0.3 is 12.0 Å². The summed E-state index contributed by atoms with van der Waals surface area (Å²) in [5.41, 5.74) is 1.22. The van der Waals surface area contributed by atoms with E-state index in [0.717, 1.165) is 18.4 Å². The number of aromatic carboxylic acids is 1. The molecule has 0 aromatic heterocycles. The number of hydrogen-bond acceptors (Lipinski definition) is 3. The van der Waals surface area contributed by atoms with Crippen LogP contribution in [-0.4, -0.2) is 77.5 Å². The number of likely N-dealkylation sites (N-methyl/N-ethyl adjacent to an activating group) is 1. The van der Waals surface area contributed by atoms with Gasteiger partial charge in [-0.15, -0.1) is 0 Å². The number of likely N-dealkylation sites (tertiary alicyclic amines) is 1. The minimum Gasteiger partial charge on any atom is -0.478 e. The predicted octanol–water partition coefficient (Wildman–Crippen LogP) is 1.46. The van der Waals surface area contributed by atoms with E-state index in [1.807, 2.05) is 6.07 Å². The summed E-state index contributed by atoms with van der Waals surface area (Å²) in [7, 11) is 1.74. The van der Waals surface area contributed by atoms with E-state index >= 15 is 0 Å². The number of urea groups is 1. The van der Waals surface area contributed by atoms with Crippen molar-refractivity contribution in [2.45, 2.75) is 18.8 Å². The first kappa shape index (κ1) is 17.3. The molecular formula is C18H23N3O4. The Bertz CT molecular complexity index is 691. The minimum absolute atomic E-state index is 0.0391. The van der Waals surface area contributed by atoms with Gasteiger partial charge in [0.1, 0.15) is 6.54 Å². The van der Waals surface area contributed by atoms with E-state index in [9.17, 15) is 14.4 Å². The second-order valence-corrected chi connectivity index (χ2v) is 6.74. The van der Waals surface area contributed by atoms with Crippen LogP contribution in [0.25, 0.3) is 0 Å². The highest BCUT2D eigenvalue weighted by molar-refractivity contribution is 5.88. The molecule has 0 aliphatic carbocycles. The third kappa shape index (κ3) is 3.75. The Morgan fingerprint density at radius 2 is 2.04 bits per heavy atom. The molecule has 7 nitrogen and oxygen atoms in total. The van der Waals surface area contributed by atoms with Crippen LogP contribution in [0.15, 0.2) is 24.3 Å². The summed E-state index contributed by atoms with van der Waals surface area (Å²) in [6.07, 6.45) is 1.81. The fourth-order valence-corrected chi connectivity index (χ4v) is 3.51. The maximum absolute atomic E-state index is 12.6. The van der Waals surface area contributed by atoms with Crippen LogP contribution in [0.4, 0.5) is 4.79 Å². The van der Waals surface area contributed by atoms with Gasteiger partial charge in [0.15, 0.2) is 0 Å². The van der Waals surface area contributed by atoms with Gasteiger partial charge in [0.2, 0.25) is 5.91 Å². The van der Waals surface area contributed by atoms with Gasteiger partial charge in [-0.3, -0.25) is 4.79 Å². The molecule has 1 atom stereocenters. The van der Waals surface area contributed by atoms with Gasteiger partial charge in [-0.2, -0.15) is 0 Å². The minimum atomic E-state index is -0.942. The van der Waals surface area contributed by atoms with Crippen LogP contribution in [-0.2, 0) is 4.79 Å². The lowest BCUT2D eigenvalue weighted by Gasteiger charge is -2.34. The van der Waals surface area contributed by atoms with Crippen LogP contribution in [0.3, 0.4) is 0 Å². The lowest BCUT2D eigenvalue weighted by Crippen LogP contribution is -2.45. The number of hydrogen-bond donors (Lipinski definition) is 1. The van der Waals surface area contributed by atoms with Gasteiger partial charge < -0.3 is 19.8 Å². The second-order valence-electron chi connectivity index (χ2n) is 6.74. The fraction of sp³-hybridized carbons (Fsp3) is 0.500. The van der Waals surface area contributed by atoms with Crippen LogP contribution >= 0.6 is 0 Å². The van der Waals surface area contributed by atoms with Crippen molar-refractivity contribution in [1.82, 2.24) is 14.7 Å². The lowest BCUT2D eigenvalue weighted by molar-refractivity contribution is -0.132. The molecule has 134 valence electrons. The van der Waals surface area contributed by atoms with Gasteiger partial charge in [-0.1, -0.05) is 12.1 Å². The van der Waals surface area contributed by atoms with E-state index in [0.29, 0.717) is 26.2 Å². The Morgan fingerprint density at radius 1 is 1.24 bits per heavy atom. The number of carbonyl (C=O) groups excluding carboxylic acids is 2. The molecule has 1 N–H and O–H groups in total. The number of carboxylic acid groups (broad SMARTS) is 1. The molecular weight excluding hydrogens is 322 g/mol. The molecule has 1 unspecified atom stereocenters. The number of nitrogens with zero attached hydrogens (tertiary/aromatic N) is 3. The van der Waals surface area contributed by atoms with Crippen LogP contribution in [0.1, 0.15) is 34.7 Å². The van der Waals surface area contributed by atoms with Crippen LogP contribution in [0.5, 0.6) is 0 Å². The standard InChI is InChI=1S/C18H23N3O4/c1-19-8-9-21(18(19)25)12-16(22)20-7-3-6-15(11-20)13-4-2-5-14(10-13)17(23)24/h2,4-5,10,15H,3,6-9,11-12H2,1H3,(H,23,24). The number of amides is 3. The summed E-state index contributed by atoms with van der Waals surface area (Å²) in [6, 6.07) is 6.84. The molecule has 2 aliphatic heterocycles. The summed E-state index contributed by atoms with van der Waals surface area (Å²) in [5, 5.41) is 9.15. The normalized spacial score (nSPS) is 20.9. The first-order valence-corrected chi connectivity index (χ1v) is 8.57. The van der Waals surface area contributed by atoms with Gasteiger partial charge in [0.05, 0.1) is 5.56 Å². The molecule has 3 amide bonds. The molecule has 1 aromatic rings. The maximum atomic E-state index is 12.6. The van der Waals surface area contributed by atoms with Crippen molar-refractivity contribution in [3.63, 3.8) is 0 Å². The van der Waals surface area contributed by atoms with Gasteiger partial charge in [-0.25, -0.2) is 9.59 Å². The monoisotopic (exact) mass is 345 g/mol. The van der Waals surface area contributed by atoms with Crippen LogP contribution in [0.2, 0.25) is 0 Å². The highest BCUT2D eigenvalue weighted by Crippen LogP contribution is 2.27. The number of carboxylic acids is 1. The number of piperidine rings is 1. The fourth-order valence-electron chi connectivity index (χ4n) is 3.51. The molecule has 0 bridgehead atoms. The Balaban J connectivity index is 1.65. The zero-order valence-electron chi connectivity index (χ0n) is 14.4. The van der Waals surface area contributed by atoms with Crippen LogP contribution in [0, 0.1) is 0 Å². The highest BCUT2D eigenvalue weighted by Gasteiger charge is 2.30. The molecule has 0 saturated carbocycles. The van der Waals surface area contributed by atoms with E-state index in [1.54, 1.807) is 39.9 Å². The van der Waals surface area contributed by atoms with Crippen molar-refractivity contribution in [3.8, 4) is 0 Å². The first-order chi connectivity index (χ1) is 12.0. The molecule has 2 saturated heterocycles. The van der Waals surface area contributed by atoms with Crippen molar-refractivity contribution in [3.05, 3.63) is 35.4 Å². The SMILES string of the molecule is CN1CCN(CC(=O)N2CCCC(c3cccc(C(=O)O)c3)C2)C1=O.